The number of aryl methyl sites for hydroxylation is 1. The topological polar surface area (TPSA) is 38.3 Å². The Morgan fingerprint density at radius 1 is 1.41 bits per heavy atom. The molecule has 0 unspecified atom stereocenters. The highest BCUT2D eigenvalue weighted by molar-refractivity contribution is 8.00. The third-order valence-corrected chi connectivity index (χ3v) is 3.23. The highest BCUT2D eigenvalue weighted by Gasteiger charge is 2.07. The number of rotatable bonds is 6. The van der Waals surface area contributed by atoms with Gasteiger partial charge in [-0.15, -0.1) is 11.8 Å². The van der Waals surface area contributed by atoms with Gasteiger partial charge in [0.1, 0.15) is 0 Å². The van der Waals surface area contributed by atoms with Gasteiger partial charge in [0, 0.05) is 18.0 Å². The smallest absolute Gasteiger partial charge is 0.230 e. The van der Waals surface area contributed by atoms with Crippen LogP contribution < -0.4 is 5.32 Å². The molecule has 0 saturated carbocycles. The minimum absolute atomic E-state index is 0.0418. The summed E-state index contributed by atoms with van der Waals surface area (Å²) in [6, 6.07) is 8.23. The predicted octanol–water partition coefficient (Wildman–Crippen LogP) is 2.24. The summed E-state index contributed by atoms with van der Waals surface area (Å²) in [6.45, 7) is 4.52. The van der Waals surface area contributed by atoms with E-state index in [9.17, 15) is 4.79 Å². The van der Waals surface area contributed by atoms with Gasteiger partial charge >= 0.3 is 0 Å². The van der Waals surface area contributed by atoms with Crippen LogP contribution in [0.2, 0.25) is 0 Å². The van der Waals surface area contributed by atoms with Crippen molar-refractivity contribution >= 4 is 17.7 Å². The van der Waals surface area contributed by atoms with Crippen LogP contribution in [0.1, 0.15) is 12.5 Å². The van der Waals surface area contributed by atoms with Crippen molar-refractivity contribution in [1.29, 1.82) is 0 Å². The third-order valence-electron chi connectivity index (χ3n) is 2.21. The van der Waals surface area contributed by atoms with E-state index in [0.29, 0.717) is 12.4 Å². The highest BCUT2D eigenvalue weighted by atomic mass is 32.2. The lowest BCUT2D eigenvalue weighted by Gasteiger charge is -2.12. The fraction of sp³-hybridized carbons (Fsp3) is 0.462. The van der Waals surface area contributed by atoms with Crippen molar-refractivity contribution in [2.45, 2.75) is 24.8 Å². The van der Waals surface area contributed by atoms with Gasteiger partial charge in [0.25, 0.3) is 0 Å². The number of hydrogen-bond acceptors (Lipinski definition) is 3. The van der Waals surface area contributed by atoms with Crippen molar-refractivity contribution in [3.8, 4) is 0 Å². The van der Waals surface area contributed by atoms with E-state index in [1.165, 1.54) is 5.56 Å². The van der Waals surface area contributed by atoms with Gasteiger partial charge in [-0.25, -0.2) is 0 Å². The summed E-state index contributed by atoms with van der Waals surface area (Å²) in [5.74, 6) is 0.483. The summed E-state index contributed by atoms with van der Waals surface area (Å²) in [4.78, 5) is 12.7. The Labute approximate surface area is 107 Å². The molecule has 1 aromatic carbocycles. The number of thioether (sulfide) groups is 1. The van der Waals surface area contributed by atoms with Gasteiger partial charge in [0.15, 0.2) is 0 Å². The van der Waals surface area contributed by atoms with E-state index in [-0.39, 0.29) is 11.9 Å². The summed E-state index contributed by atoms with van der Waals surface area (Å²) >= 11 is 1.54. The minimum Gasteiger partial charge on any atom is -0.383 e. The van der Waals surface area contributed by atoms with E-state index in [0.717, 1.165) is 4.90 Å². The molecule has 0 radical (unpaired) electrons. The lowest BCUT2D eigenvalue weighted by atomic mass is 10.2. The number of benzene rings is 1. The van der Waals surface area contributed by atoms with E-state index in [4.69, 9.17) is 4.74 Å². The van der Waals surface area contributed by atoms with Crippen molar-refractivity contribution < 1.29 is 9.53 Å². The lowest BCUT2D eigenvalue weighted by Crippen LogP contribution is -2.36. The van der Waals surface area contributed by atoms with Crippen molar-refractivity contribution in [2.24, 2.45) is 0 Å². The van der Waals surface area contributed by atoms with Crippen molar-refractivity contribution in [1.82, 2.24) is 5.32 Å². The summed E-state index contributed by atoms with van der Waals surface area (Å²) in [7, 11) is 1.63. The fourth-order valence-electron chi connectivity index (χ4n) is 1.39. The maximum atomic E-state index is 11.6. The first kappa shape index (κ1) is 14.1. The molecule has 0 bridgehead atoms. The van der Waals surface area contributed by atoms with E-state index >= 15 is 0 Å². The zero-order valence-electron chi connectivity index (χ0n) is 10.5. The van der Waals surface area contributed by atoms with Crippen molar-refractivity contribution in [3.63, 3.8) is 0 Å². The number of carbonyl (C=O) groups excluding carboxylic acids is 1. The van der Waals surface area contributed by atoms with Gasteiger partial charge in [-0.1, -0.05) is 17.7 Å². The Bertz CT molecular complexity index is 351. The van der Waals surface area contributed by atoms with Gasteiger partial charge in [0.2, 0.25) is 5.91 Å². The zero-order valence-corrected chi connectivity index (χ0v) is 11.3. The molecule has 1 atom stereocenters. The monoisotopic (exact) mass is 253 g/mol. The van der Waals surface area contributed by atoms with E-state index < -0.39 is 0 Å². The summed E-state index contributed by atoms with van der Waals surface area (Å²) in [5, 5.41) is 2.88. The van der Waals surface area contributed by atoms with Crippen LogP contribution in [0.5, 0.6) is 0 Å². The molecule has 0 fully saturated rings. The van der Waals surface area contributed by atoms with Crippen LogP contribution in [0.3, 0.4) is 0 Å². The summed E-state index contributed by atoms with van der Waals surface area (Å²) in [6.07, 6.45) is 0. The Balaban J connectivity index is 2.30. The molecule has 0 spiro atoms. The molecule has 3 nitrogen and oxygen atoms in total. The molecule has 0 aliphatic heterocycles. The van der Waals surface area contributed by atoms with Gasteiger partial charge in [0.05, 0.1) is 12.4 Å². The van der Waals surface area contributed by atoms with Gasteiger partial charge in [-0.2, -0.15) is 0 Å². The first-order valence-electron chi connectivity index (χ1n) is 5.59. The van der Waals surface area contributed by atoms with Gasteiger partial charge in [-0.3, -0.25) is 4.79 Å². The molecule has 0 heterocycles. The van der Waals surface area contributed by atoms with Crippen LogP contribution >= 0.6 is 11.8 Å². The van der Waals surface area contributed by atoms with Crippen LogP contribution in [0.4, 0.5) is 0 Å². The highest BCUT2D eigenvalue weighted by Crippen LogP contribution is 2.17. The molecule has 1 N–H and O–H groups in total. The van der Waals surface area contributed by atoms with Gasteiger partial charge in [-0.05, 0) is 26.0 Å². The number of ether oxygens (including phenoxy) is 1. The fourth-order valence-corrected chi connectivity index (χ4v) is 2.10. The normalized spacial score (nSPS) is 12.2. The summed E-state index contributed by atoms with van der Waals surface area (Å²) in [5.41, 5.74) is 1.23. The number of amides is 1. The largest absolute Gasteiger partial charge is 0.383 e. The molecule has 1 amide bonds. The van der Waals surface area contributed by atoms with E-state index in [1.807, 2.05) is 38.1 Å². The van der Waals surface area contributed by atoms with Crippen LogP contribution in [0.15, 0.2) is 29.2 Å². The number of methoxy groups -OCH3 is 1. The number of nitrogens with one attached hydrogen (secondary N) is 1. The maximum absolute atomic E-state index is 11.6. The molecule has 1 aromatic rings. The Hall–Kier alpha value is -1.00. The quantitative estimate of drug-likeness (QED) is 0.790. The molecule has 0 aromatic heterocycles. The van der Waals surface area contributed by atoms with Crippen LogP contribution in [0.25, 0.3) is 0 Å². The molecule has 1 rings (SSSR count). The number of hydrogen-bond donors (Lipinski definition) is 1. The molecule has 0 saturated heterocycles. The molecule has 0 aliphatic rings. The second-order valence-electron chi connectivity index (χ2n) is 4.03. The van der Waals surface area contributed by atoms with E-state index in [2.05, 4.69) is 5.32 Å². The predicted molar refractivity (Wildman–Crippen MR) is 71.4 cm³/mol. The molecule has 17 heavy (non-hydrogen) atoms. The lowest BCUT2D eigenvalue weighted by molar-refractivity contribution is -0.119. The van der Waals surface area contributed by atoms with Crippen molar-refractivity contribution in [3.05, 3.63) is 29.8 Å². The van der Waals surface area contributed by atoms with E-state index in [1.54, 1.807) is 18.9 Å². The summed E-state index contributed by atoms with van der Waals surface area (Å²) < 4.78 is 4.96. The average Bonchev–Trinajstić information content (AvgIpc) is 2.28. The first-order valence-corrected chi connectivity index (χ1v) is 6.58. The SMILES string of the molecule is COC[C@@H](C)NC(=O)CSc1ccc(C)cc1. The Morgan fingerprint density at radius 3 is 2.65 bits per heavy atom. The molecule has 4 heteroatoms. The standard InChI is InChI=1S/C13H19NO2S/c1-10-4-6-12(7-5-10)17-9-13(15)14-11(2)8-16-3/h4-7,11H,8-9H2,1-3H3,(H,14,15)/t11-/m1/s1. The Morgan fingerprint density at radius 2 is 2.06 bits per heavy atom. The van der Waals surface area contributed by atoms with Gasteiger partial charge < -0.3 is 10.1 Å². The molecule has 94 valence electrons. The van der Waals surface area contributed by atoms with Crippen LogP contribution in [-0.4, -0.2) is 31.4 Å². The molecular formula is C13H19NO2S. The maximum Gasteiger partial charge on any atom is 0.230 e. The Kier molecular flexibility index (Phi) is 6.08. The first-order chi connectivity index (χ1) is 8.11. The van der Waals surface area contributed by atoms with Crippen LogP contribution in [0, 0.1) is 6.92 Å². The minimum atomic E-state index is 0.0418. The average molecular weight is 253 g/mol. The van der Waals surface area contributed by atoms with Crippen molar-refractivity contribution in [2.75, 3.05) is 19.5 Å². The zero-order chi connectivity index (χ0) is 12.7. The second-order valence-corrected chi connectivity index (χ2v) is 5.07. The second kappa shape index (κ2) is 7.35. The molecular weight excluding hydrogens is 234 g/mol. The number of carbonyl (C=O) groups is 1. The van der Waals surface area contributed by atoms with Crippen LogP contribution in [-0.2, 0) is 9.53 Å². The third kappa shape index (κ3) is 5.75. The molecule has 0 aliphatic carbocycles.